The number of benzene rings is 1. The van der Waals surface area contributed by atoms with E-state index in [1.165, 1.54) is 6.07 Å². The number of aromatic hydroxyl groups is 1. The van der Waals surface area contributed by atoms with Crippen LogP contribution in [0.1, 0.15) is 18.1 Å². The third-order valence-electron chi connectivity index (χ3n) is 2.04. The van der Waals surface area contributed by atoms with Crippen molar-refractivity contribution in [1.82, 2.24) is 0 Å². The molecule has 0 spiro atoms. The van der Waals surface area contributed by atoms with Crippen molar-refractivity contribution in [3.05, 3.63) is 29.8 Å². The second kappa shape index (κ2) is 5.24. The lowest BCUT2D eigenvalue weighted by Gasteiger charge is -2.18. The van der Waals surface area contributed by atoms with Crippen LogP contribution in [0.3, 0.4) is 0 Å². The Kier molecular flexibility index (Phi) is 4.25. The molecule has 2 unspecified atom stereocenters. The van der Waals surface area contributed by atoms with Crippen LogP contribution in [-0.2, 0) is 0 Å². The molecule has 2 atom stereocenters. The zero-order valence-corrected chi connectivity index (χ0v) is 8.56. The van der Waals surface area contributed by atoms with Gasteiger partial charge in [-0.15, -0.1) is 0 Å². The first kappa shape index (κ1) is 11.4. The Labute approximate surface area is 88.4 Å². The highest BCUT2D eigenvalue weighted by Gasteiger charge is 2.19. The molecule has 0 aromatic heterocycles. The average Bonchev–Trinajstić information content (AvgIpc) is 2.18. The van der Waals surface area contributed by atoms with Crippen LogP contribution in [0.4, 0.5) is 0 Å². The van der Waals surface area contributed by atoms with E-state index in [1.807, 2.05) is 0 Å². The van der Waals surface area contributed by atoms with Crippen molar-refractivity contribution in [2.45, 2.75) is 18.6 Å². The molecule has 0 amide bonds. The molecule has 0 aliphatic carbocycles. The molecular formula is C10H14O3S. The summed E-state index contributed by atoms with van der Waals surface area (Å²) in [5, 5.41) is 28.6. The predicted molar refractivity (Wildman–Crippen MR) is 57.5 cm³/mol. The third kappa shape index (κ3) is 2.64. The molecule has 1 rings (SSSR count). The molecule has 1 aromatic rings. The van der Waals surface area contributed by atoms with Crippen molar-refractivity contribution in [3.8, 4) is 5.75 Å². The quantitative estimate of drug-likeness (QED) is 0.568. The molecule has 0 radical (unpaired) electrons. The van der Waals surface area contributed by atoms with Crippen molar-refractivity contribution >= 4 is 12.6 Å². The highest BCUT2D eigenvalue weighted by molar-refractivity contribution is 7.80. The summed E-state index contributed by atoms with van der Waals surface area (Å²) in [5.41, 5.74) is 0.349. The van der Waals surface area contributed by atoms with Crippen LogP contribution in [0.2, 0.25) is 0 Å². The summed E-state index contributed by atoms with van der Waals surface area (Å²) in [6, 6.07) is 6.43. The molecule has 1 aromatic carbocycles. The van der Waals surface area contributed by atoms with E-state index in [0.29, 0.717) is 17.7 Å². The van der Waals surface area contributed by atoms with Gasteiger partial charge < -0.3 is 15.3 Å². The van der Waals surface area contributed by atoms with E-state index in [1.54, 1.807) is 18.2 Å². The molecule has 4 heteroatoms. The van der Waals surface area contributed by atoms with Crippen LogP contribution in [-0.4, -0.2) is 27.2 Å². The fourth-order valence-corrected chi connectivity index (χ4v) is 1.50. The maximum absolute atomic E-state index is 9.66. The Morgan fingerprint density at radius 2 is 1.86 bits per heavy atom. The summed E-state index contributed by atoms with van der Waals surface area (Å²) in [6.45, 7) is 0. The summed E-state index contributed by atoms with van der Waals surface area (Å²) in [6.07, 6.45) is -1.55. The van der Waals surface area contributed by atoms with Crippen molar-refractivity contribution in [2.24, 2.45) is 0 Å². The number of thiol groups is 1. The van der Waals surface area contributed by atoms with Crippen LogP contribution in [0.15, 0.2) is 24.3 Å². The fraction of sp³-hybridized carbons (Fsp3) is 0.400. The highest BCUT2D eigenvalue weighted by Crippen LogP contribution is 2.26. The standard InChI is InChI=1S/C10H14O3S/c11-8-4-2-1-3-7(8)10(13)9(12)5-6-14/h1-4,9-14H,5-6H2. The smallest absolute Gasteiger partial charge is 0.121 e. The molecule has 3 N–H and O–H groups in total. The van der Waals surface area contributed by atoms with Crippen molar-refractivity contribution in [2.75, 3.05) is 5.75 Å². The Morgan fingerprint density at radius 3 is 2.43 bits per heavy atom. The Morgan fingerprint density at radius 1 is 1.21 bits per heavy atom. The van der Waals surface area contributed by atoms with Gasteiger partial charge in [-0.1, -0.05) is 18.2 Å². The van der Waals surface area contributed by atoms with Gasteiger partial charge in [-0.3, -0.25) is 0 Å². The fourth-order valence-electron chi connectivity index (χ4n) is 1.24. The highest BCUT2D eigenvalue weighted by atomic mass is 32.1. The zero-order chi connectivity index (χ0) is 10.6. The molecule has 0 fully saturated rings. The van der Waals surface area contributed by atoms with Gasteiger partial charge in [0.2, 0.25) is 0 Å². The molecule has 0 aliphatic heterocycles. The van der Waals surface area contributed by atoms with Gasteiger partial charge in [0.1, 0.15) is 11.9 Å². The number of hydrogen-bond donors (Lipinski definition) is 4. The van der Waals surface area contributed by atoms with Gasteiger partial charge in [0.05, 0.1) is 6.10 Å². The molecule has 14 heavy (non-hydrogen) atoms. The number of phenolic OH excluding ortho intramolecular Hbond substituents is 1. The summed E-state index contributed by atoms with van der Waals surface area (Å²) in [5.74, 6) is 0.490. The number of aliphatic hydroxyl groups excluding tert-OH is 2. The largest absolute Gasteiger partial charge is 0.508 e. The molecular weight excluding hydrogens is 200 g/mol. The third-order valence-corrected chi connectivity index (χ3v) is 2.30. The minimum Gasteiger partial charge on any atom is -0.508 e. The van der Waals surface area contributed by atoms with Crippen LogP contribution in [0.25, 0.3) is 0 Å². The van der Waals surface area contributed by atoms with Gasteiger partial charge in [-0.05, 0) is 18.2 Å². The van der Waals surface area contributed by atoms with Gasteiger partial charge in [0.25, 0.3) is 0 Å². The lowest BCUT2D eigenvalue weighted by atomic mass is 10.0. The number of para-hydroxylation sites is 1. The van der Waals surface area contributed by atoms with Gasteiger partial charge in [0, 0.05) is 5.56 Å². The monoisotopic (exact) mass is 214 g/mol. The van der Waals surface area contributed by atoms with E-state index in [-0.39, 0.29) is 5.75 Å². The van der Waals surface area contributed by atoms with Crippen LogP contribution >= 0.6 is 12.6 Å². The van der Waals surface area contributed by atoms with Gasteiger partial charge in [0.15, 0.2) is 0 Å². The zero-order valence-electron chi connectivity index (χ0n) is 7.67. The molecule has 0 bridgehead atoms. The number of rotatable bonds is 4. The lowest BCUT2D eigenvalue weighted by Crippen LogP contribution is -2.18. The molecule has 0 saturated heterocycles. The maximum atomic E-state index is 9.66. The molecule has 0 saturated carbocycles. The van der Waals surface area contributed by atoms with E-state index in [4.69, 9.17) is 0 Å². The first-order valence-corrected chi connectivity index (χ1v) is 5.05. The number of aliphatic hydroxyl groups is 2. The first-order chi connectivity index (χ1) is 6.66. The maximum Gasteiger partial charge on any atom is 0.121 e. The van der Waals surface area contributed by atoms with E-state index < -0.39 is 12.2 Å². The second-order valence-electron chi connectivity index (χ2n) is 3.08. The van der Waals surface area contributed by atoms with Crippen LogP contribution < -0.4 is 0 Å². The second-order valence-corrected chi connectivity index (χ2v) is 3.53. The Bertz CT molecular complexity index is 290. The average molecular weight is 214 g/mol. The summed E-state index contributed by atoms with van der Waals surface area (Å²) in [4.78, 5) is 0. The topological polar surface area (TPSA) is 60.7 Å². The Hall–Kier alpha value is -0.710. The van der Waals surface area contributed by atoms with Crippen molar-refractivity contribution in [3.63, 3.8) is 0 Å². The number of phenols is 1. The van der Waals surface area contributed by atoms with E-state index in [2.05, 4.69) is 12.6 Å². The van der Waals surface area contributed by atoms with Crippen LogP contribution in [0.5, 0.6) is 5.75 Å². The summed E-state index contributed by atoms with van der Waals surface area (Å²) >= 11 is 3.96. The van der Waals surface area contributed by atoms with Gasteiger partial charge in [-0.25, -0.2) is 0 Å². The summed E-state index contributed by atoms with van der Waals surface area (Å²) < 4.78 is 0. The minimum atomic E-state index is -1.05. The van der Waals surface area contributed by atoms with E-state index in [0.717, 1.165) is 0 Å². The minimum absolute atomic E-state index is 0.00165. The predicted octanol–water partition coefficient (Wildman–Crippen LogP) is 1.11. The Balaban J connectivity index is 2.78. The van der Waals surface area contributed by atoms with E-state index in [9.17, 15) is 15.3 Å². The first-order valence-electron chi connectivity index (χ1n) is 4.41. The normalized spacial score (nSPS) is 15.1. The molecule has 3 nitrogen and oxygen atoms in total. The molecule has 0 heterocycles. The summed E-state index contributed by atoms with van der Waals surface area (Å²) in [7, 11) is 0. The SMILES string of the molecule is Oc1ccccc1C(O)C(O)CCS. The molecule has 78 valence electrons. The van der Waals surface area contributed by atoms with Gasteiger partial charge >= 0.3 is 0 Å². The van der Waals surface area contributed by atoms with Gasteiger partial charge in [-0.2, -0.15) is 12.6 Å². The van der Waals surface area contributed by atoms with Crippen LogP contribution in [0, 0.1) is 0 Å². The molecule has 0 aliphatic rings. The van der Waals surface area contributed by atoms with Crippen molar-refractivity contribution < 1.29 is 15.3 Å². The van der Waals surface area contributed by atoms with E-state index >= 15 is 0 Å². The number of hydrogen-bond acceptors (Lipinski definition) is 4. The van der Waals surface area contributed by atoms with Crippen molar-refractivity contribution in [1.29, 1.82) is 0 Å². The lowest BCUT2D eigenvalue weighted by molar-refractivity contribution is 0.0159.